The summed E-state index contributed by atoms with van der Waals surface area (Å²) in [6.07, 6.45) is 5.28. The zero-order valence-electron chi connectivity index (χ0n) is 16.3. The molecule has 142 valence electrons. The molecule has 0 saturated carbocycles. The Kier molecular flexibility index (Phi) is 5.52. The van der Waals surface area contributed by atoms with E-state index >= 15 is 0 Å². The highest BCUT2D eigenvalue weighted by molar-refractivity contribution is 6.30. The number of methoxy groups -OCH3 is 1. The summed E-state index contributed by atoms with van der Waals surface area (Å²) >= 11 is 6.00. The molecule has 3 aromatic carbocycles. The van der Waals surface area contributed by atoms with Crippen LogP contribution >= 0.6 is 11.6 Å². The molecular weight excluding hydrogens is 366 g/mol. The van der Waals surface area contributed by atoms with Gasteiger partial charge in [0.2, 0.25) is 0 Å². The topological polar surface area (TPSA) is 12.5 Å². The maximum Gasteiger partial charge on any atom is 0.126 e. The third-order valence-corrected chi connectivity index (χ3v) is 5.54. The van der Waals surface area contributed by atoms with Crippen LogP contribution in [0, 0.1) is 0 Å². The van der Waals surface area contributed by atoms with Crippen molar-refractivity contribution in [1.29, 1.82) is 0 Å². The Hall–Kier alpha value is -2.55. The summed E-state index contributed by atoms with van der Waals surface area (Å²) in [4.78, 5) is 2.37. The molecule has 2 nitrogen and oxygen atoms in total. The summed E-state index contributed by atoms with van der Waals surface area (Å²) in [6, 6.07) is 21.0. The lowest BCUT2D eigenvalue weighted by molar-refractivity contribution is 0.329. The quantitative estimate of drug-likeness (QED) is 0.496. The molecule has 4 rings (SSSR count). The van der Waals surface area contributed by atoms with Crippen molar-refractivity contribution in [3.63, 3.8) is 0 Å². The van der Waals surface area contributed by atoms with Gasteiger partial charge >= 0.3 is 0 Å². The van der Waals surface area contributed by atoms with Crippen molar-refractivity contribution in [3.05, 3.63) is 87.9 Å². The molecule has 1 heterocycles. The van der Waals surface area contributed by atoms with Gasteiger partial charge in [0.05, 0.1) is 7.11 Å². The van der Waals surface area contributed by atoms with Crippen LogP contribution in [0.3, 0.4) is 0 Å². The van der Waals surface area contributed by atoms with E-state index in [1.54, 1.807) is 7.11 Å². The summed E-state index contributed by atoms with van der Waals surface area (Å²) in [5, 5.41) is 0.747. The number of rotatable bonds is 3. The van der Waals surface area contributed by atoms with E-state index in [4.69, 9.17) is 16.3 Å². The van der Waals surface area contributed by atoms with Crippen molar-refractivity contribution >= 4 is 23.8 Å². The van der Waals surface area contributed by atoms with E-state index < -0.39 is 0 Å². The van der Waals surface area contributed by atoms with E-state index in [9.17, 15) is 0 Å². The SMILES string of the molecule is COc1cc2c(cc1/C=C/c1ccc(Cl)cc1)-c1ccccc1CCN(C)C2. The Morgan fingerprint density at radius 2 is 1.71 bits per heavy atom. The summed E-state index contributed by atoms with van der Waals surface area (Å²) in [6.45, 7) is 1.97. The maximum atomic E-state index is 6.00. The van der Waals surface area contributed by atoms with Crippen LogP contribution in [0.1, 0.15) is 22.3 Å². The second-order valence-electron chi connectivity index (χ2n) is 7.28. The zero-order valence-corrected chi connectivity index (χ0v) is 17.0. The Bertz CT molecular complexity index is 1010. The van der Waals surface area contributed by atoms with Crippen molar-refractivity contribution in [2.75, 3.05) is 20.7 Å². The monoisotopic (exact) mass is 389 g/mol. The number of fused-ring (bicyclic) bond motifs is 3. The maximum absolute atomic E-state index is 6.00. The first-order valence-electron chi connectivity index (χ1n) is 9.55. The van der Waals surface area contributed by atoms with Gasteiger partial charge < -0.3 is 9.64 Å². The summed E-state index contributed by atoms with van der Waals surface area (Å²) < 4.78 is 5.72. The lowest BCUT2D eigenvalue weighted by atomic mass is 9.90. The van der Waals surface area contributed by atoms with Gasteiger partial charge in [-0.25, -0.2) is 0 Å². The fourth-order valence-corrected chi connectivity index (χ4v) is 3.90. The Labute approximate surface area is 172 Å². The summed E-state index contributed by atoms with van der Waals surface area (Å²) in [7, 11) is 3.92. The van der Waals surface area contributed by atoms with Gasteiger partial charge in [-0.05, 0) is 65.6 Å². The third-order valence-electron chi connectivity index (χ3n) is 5.29. The van der Waals surface area contributed by atoms with Crippen molar-refractivity contribution in [2.24, 2.45) is 0 Å². The number of hydrogen-bond donors (Lipinski definition) is 0. The van der Waals surface area contributed by atoms with Crippen LogP contribution < -0.4 is 4.74 Å². The minimum Gasteiger partial charge on any atom is -0.496 e. The van der Waals surface area contributed by atoms with Gasteiger partial charge in [-0.15, -0.1) is 0 Å². The van der Waals surface area contributed by atoms with Crippen LogP contribution in [-0.4, -0.2) is 25.6 Å². The highest BCUT2D eigenvalue weighted by Crippen LogP contribution is 2.36. The molecule has 0 aliphatic carbocycles. The molecule has 1 aliphatic rings. The molecular formula is C25H24ClNO. The molecule has 0 amide bonds. The van der Waals surface area contributed by atoms with Gasteiger partial charge in [-0.1, -0.05) is 60.2 Å². The molecule has 28 heavy (non-hydrogen) atoms. The van der Waals surface area contributed by atoms with Crippen molar-refractivity contribution < 1.29 is 4.74 Å². The van der Waals surface area contributed by atoms with Crippen LogP contribution in [-0.2, 0) is 13.0 Å². The lowest BCUT2D eigenvalue weighted by Gasteiger charge is -2.25. The number of hydrogen-bond acceptors (Lipinski definition) is 2. The fraction of sp³-hybridized carbons (Fsp3) is 0.200. The summed E-state index contributed by atoms with van der Waals surface area (Å²) in [5.41, 5.74) is 7.50. The van der Waals surface area contributed by atoms with E-state index in [-0.39, 0.29) is 0 Å². The van der Waals surface area contributed by atoms with E-state index in [0.29, 0.717) is 0 Å². The Morgan fingerprint density at radius 3 is 2.50 bits per heavy atom. The molecule has 0 saturated heterocycles. The van der Waals surface area contributed by atoms with Crippen molar-refractivity contribution in [3.8, 4) is 16.9 Å². The van der Waals surface area contributed by atoms with Crippen LogP contribution in [0.5, 0.6) is 5.75 Å². The fourth-order valence-electron chi connectivity index (χ4n) is 3.77. The predicted octanol–water partition coefficient (Wildman–Crippen LogP) is 6.17. The van der Waals surface area contributed by atoms with Gasteiger partial charge in [0, 0.05) is 23.7 Å². The molecule has 0 spiro atoms. The molecule has 0 unspecified atom stereocenters. The van der Waals surface area contributed by atoms with Gasteiger partial charge in [-0.2, -0.15) is 0 Å². The van der Waals surface area contributed by atoms with Crippen LogP contribution in [0.4, 0.5) is 0 Å². The van der Waals surface area contributed by atoms with E-state index in [1.165, 1.54) is 22.3 Å². The average molecular weight is 390 g/mol. The zero-order chi connectivity index (χ0) is 19.5. The highest BCUT2D eigenvalue weighted by atomic mass is 35.5. The lowest BCUT2D eigenvalue weighted by Crippen LogP contribution is -2.23. The van der Waals surface area contributed by atoms with Crippen LogP contribution in [0.25, 0.3) is 23.3 Å². The average Bonchev–Trinajstić information content (AvgIpc) is 2.71. The smallest absolute Gasteiger partial charge is 0.126 e. The summed E-state index contributed by atoms with van der Waals surface area (Å²) in [5.74, 6) is 0.899. The standard InChI is InChI=1S/C25H24ClNO/c1-27-14-13-19-5-3-4-6-23(19)24-15-20(25(28-2)16-21(24)17-27)10-7-18-8-11-22(26)12-9-18/h3-12,15-16H,13-14,17H2,1-2H3/b10-7+. The Morgan fingerprint density at radius 1 is 0.929 bits per heavy atom. The number of halogens is 1. The van der Waals surface area contributed by atoms with Gasteiger partial charge in [0.25, 0.3) is 0 Å². The minimum absolute atomic E-state index is 0.747. The first-order valence-corrected chi connectivity index (χ1v) is 9.93. The first kappa shape index (κ1) is 18.8. The van der Waals surface area contributed by atoms with Gasteiger partial charge in [-0.3, -0.25) is 0 Å². The second kappa shape index (κ2) is 8.22. The van der Waals surface area contributed by atoms with Crippen molar-refractivity contribution in [1.82, 2.24) is 4.90 Å². The number of benzene rings is 3. The predicted molar refractivity (Wildman–Crippen MR) is 119 cm³/mol. The number of nitrogens with zero attached hydrogens (tertiary/aromatic N) is 1. The second-order valence-corrected chi connectivity index (χ2v) is 7.72. The minimum atomic E-state index is 0.747. The van der Waals surface area contributed by atoms with E-state index in [0.717, 1.165) is 41.4 Å². The van der Waals surface area contributed by atoms with Gasteiger partial charge in [0.1, 0.15) is 5.75 Å². The Balaban J connectivity index is 1.81. The van der Waals surface area contributed by atoms with E-state index in [1.807, 2.05) is 24.3 Å². The molecule has 3 heteroatoms. The largest absolute Gasteiger partial charge is 0.496 e. The molecule has 0 fully saturated rings. The molecule has 0 N–H and O–H groups in total. The first-order chi connectivity index (χ1) is 13.6. The van der Waals surface area contributed by atoms with Crippen LogP contribution in [0.2, 0.25) is 5.02 Å². The normalized spacial score (nSPS) is 14.2. The number of ether oxygens (including phenoxy) is 1. The molecule has 1 aliphatic heterocycles. The molecule has 0 bridgehead atoms. The highest BCUT2D eigenvalue weighted by Gasteiger charge is 2.17. The third kappa shape index (κ3) is 3.99. The molecule has 0 aromatic heterocycles. The molecule has 0 radical (unpaired) electrons. The molecule has 0 atom stereocenters. The molecule has 3 aromatic rings. The number of likely N-dealkylation sites (N-methyl/N-ethyl adjacent to an activating group) is 1. The van der Waals surface area contributed by atoms with E-state index in [2.05, 4.69) is 60.5 Å². The van der Waals surface area contributed by atoms with Crippen molar-refractivity contribution in [2.45, 2.75) is 13.0 Å². The van der Waals surface area contributed by atoms with Crippen LogP contribution in [0.15, 0.2) is 60.7 Å². The van der Waals surface area contributed by atoms with Gasteiger partial charge in [0.15, 0.2) is 0 Å².